The molecule has 0 aliphatic carbocycles. The smallest absolute Gasteiger partial charge is 0.254 e. The zero-order valence-corrected chi connectivity index (χ0v) is 18.2. The predicted molar refractivity (Wildman–Crippen MR) is 115 cm³/mol. The van der Waals surface area contributed by atoms with Crippen molar-refractivity contribution in [1.29, 1.82) is 0 Å². The molecule has 0 aromatic heterocycles. The van der Waals surface area contributed by atoms with Crippen LogP contribution in [0, 0.1) is 20.8 Å². The first kappa shape index (κ1) is 20.8. The van der Waals surface area contributed by atoms with E-state index in [1.807, 2.05) is 4.90 Å². The third-order valence-corrected chi connectivity index (χ3v) is 5.43. The van der Waals surface area contributed by atoms with Crippen LogP contribution >= 0.6 is 0 Å². The van der Waals surface area contributed by atoms with Gasteiger partial charge < -0.3 is 24.0 Å². The highest BCUT2D eigenvalue weighted by Crippen LogP contribution is 2.38. The molecule has 2 aromatic rings. The van der Waals surface area contributed by atoms with Gasteiger partial charge in [0.15, 0.2) is 11.5 Å². The monoisotopic (exact) mass is 398 g/mol. The molecule has 1 saturated heterocycles. The Hall–Kier alpha value is -2.89. The van der Waals surface area contributed by atoms with Crippen molar-refractivity contribution in [2.24, 2.45) is 0 Å². The molecule has 0 atom stereocenters. The number of methoxy groups -OCH3 is 3. The van der Waals surface area contributed by atoms with Gasteiger partial charge in [0.1, 0.15) is 0 Å². The van der Waals surface area contributed by atoms with Crippen molar-refractivity contribution in [2.75, 3.05) is 52.4 Å². The number of nitrogens with zero attached hydrogens (tertiary/aromatic N) is 2. The van der Waals surface area contributed by atoms with E-state index in [4.69, 9.17) is 14.2 Å². The largest absolute Gasteiger partial charge is 0.493 e. The van der Waals surface area contributed by atoms with Crippen molar-refractivity contribution >= 4 is 11.6 Å². The van der Waals surface area contributed by atoms with E-state index in [-0.39, 0.29) is 5.91 Å². The molecule has 1 fully saturated rings. The number of benzene rings is 2. The number of carbonyl (C=O) groups is 1. The van der Waals surface area contributed by atoms with Crippen LogP contribution in [0.5, 0.6) is 17.2 Å². The highest BCUT2D eigenvalue weighted by molar-refractivity contribution is 5.96. The van der Waals surface area contributed by atoms with Gasteiger partial charge in [-0.2, -0.15) is 0 Å². The van der Waals surface area contributed by atoms with Gasteiger partial charge in [-0.25, -0.2) is 0 Å². The van der Waals surface area contributed by atoms with Gasteiger partial charge in [0, 0.05) is 37.4 Å². The van der Waals surface area contributed by atoms with Crippen LogP contribution in [0.25, 0.3) is 0 Å². The molecule has 0 spiro atoms. The standard InChI is InChI=1S/C23H30N2O4/c1-15-11-16(2)21(17(3)12-15)24-7-9-25(10-8-24)23(26)18-13-19(27-4)22(29-6)20(14-18)28-5/h11-14H,7-10H2,1-6H3. The fourth-order valence-electron chi connectivity index (χ4n) is 4.19. The number of ether oxygens (including phenoxy) is 3. The van der Waals surface area contributed by atoms with E-state index in [0.29, 0.717) is 35.9 Å². The third-order valence-electron chi connectivity index (χ3n) is 5.43. The Morgan fingerprint density at radius 3 is 1.76 bits per heavy atom. The lowest BCUT2D eigenvalue weighted by Gasteiger charge is -2.37. The number of rotatable bonds is 5. The zero-order valence-electron chi connectivity index (χ0n) is 18.2. The molecular weight excluding hydrogens is 368 g/mol. The van der Waals surface area contributed by atoms with E-state index in [1.165, 1.54) is 22.4 Å². The van der Waals surface area contributed by atoms with Crippen molar-refractivity contribution in [3.05, 3.63) is 46.5 Å². The molecule has 1 heterocycles. The Balaban J connectivity index is 1.77. The molecule has 2 aromatic carbocycles. The molecule has 1 aliphatic rings. The van der Waals surface area contributed by atoms with Crippen LogP contribution in [0.2, 0.25) is 0 Å². The zero-order chi connectivity index (χ0) is 21.1. The predicted octanol–water partition coefficient (Wildman–Crippen LogP) is 3.60. The first-order valence-electron chi connectivity index (χ1n) is 9.81. The Morgan fingerprint density at radius 2 is 1.31 bits per heavy atom. The molecule has 1 amide bonds. The van der Waals surface area contributed by atoms with Gasteiger partial charge in [-0.3, -0.25) is 4.79 Å². The Morgan fingerprint density at radius 1 is 0.793 bits per heavy atom. The second kappa shape index (κ2) is 8.64. The summed E-state index contributed by atoms with van der Waals surface area (Å²) < 4.78 is 16.1. The van der Waals surface area contributed by atoms with Gasteiger partial charge in [0.05, 0.1) is 21.3 Å². The highest BCUT2D eigenvalue weighted by atomic mass is 16.5. The molecule has 0 unspecified atom stereocenters. The summed E-state index contributed by atoms with van der Waals surface area (Å²) in [4.78, 5) is 17.4. The van der Waals surface area contributed by atoms with E-state index in [2.05, 4.69) is 37.8 Å². The summed E-state index contributed by atoms with van der Waals surface area (Å²) in [6.45, 7) is 9.38. The summed E-state index contributed by atoms with van der Waals surface area (Å²) in [5, 5.41) is 0. The summed E-state index contributed by atoms with van der Waals surface area (Å²) in [6.07, 6.45) is 0. The maximum Gasteiger partial charge on any atom is 0.254 e. The quantitative estimate of drug-likeness (QED) is 0.770. The second-order valence-corrected chi connectivity index (χ2v) is 7.44. The van der Waals surface area contributed by atoms with Crippen molar-refractivity contribution in [3.8, 4) is 17.2 Å². The van der Waals surface area contributed by atoms with Crippen LogP contribution in [0.3, 0.4) is 0 Å². The van der Waals surface area contributed by atoms with Crippen LogP contribution in [0.15, 0.2) is 24.3 Å². The molecule has 29 heavy (non-hydrogen) atoms. The molecular formula is C23H30N2O4. The molecule has 0 bridgehead atoms. The number of carbonyl (C=O) groups excluding carboxylic acids is 1. The Bertz CT molecular complexity index is 854. The fraction of sp³-hybridized carbons (Fsp3) is 0.435. The van der Waals surface area contributed by atoms with Gasteiger partial charge in [-0.05, 0) is 44.0 Å². The van der Waals surface area contributed by atoms with Crippen LogP contribution in [0.4, 0.5) is 5.69 Å². The van der Waals surface area contributed by atoms with Crippen LogP contribution < -0.4 is 19.1 Å². The molecule has 0 radical (unpaired) electrons. The minimum atomic E-state index is -0.0266. The molecule has 0 N–H and O–H groups in total. The lowest BCUT2D eigenvalue weighted by Crippen LogP contribution is -2.49. The SMILES string of the molecule is COc1cc(C(=O)N2CCN(c3c(C)cc(C)cc3C)CC2)cc(OC)c1OC. The van der Waals surface area contributed by atoms with Crippen molar-refractivity contribution < 1.29 is 19.0 Å². The Labute approximate surface area is 173 Å². The molecule has 6 nitrogen and oxygen atoms in total. The summed E-state index contributed by atoms with van der Waals surface area (Å²) >= 11 is 0. The number of amides is 1. The van der Waals surface area contributed by atoms with Gasteiger partial charge in [0.2, 0.25) is 5.75 Å². The number of anilines is 1. The van der Waals surface area contributed by atoms with Crippen molar-refractivity contribution in [2.45, 2.75) is 20.8 Å². The van der Waals surface area contributed by atoms with E-state index in [9.17, 15) is 4.79 Å². The number of piperazine rings is 1. The molecule has 156 valence electrons. The summed E-state index contributed by atoms with van der Waals surface area (Å²) in [5.74, 6) is 1.43. The van der Waals surface area contributed by atoms with E-state index in [1.54, 1.807) is 33.5 Å². The second-order valence-electron chi connectivity index (χ2n) is 7.44. The molecule has 1 aliphatic heterocycles. The lowest BCUT2D eigenvalue weighted by atomic mass is 10.0. The average Bonchev–Trinajstić information content (AvgIpc) is 2.71. The number of hydrogen-bond acceptors (Lipinski definition) is 5. The van der Waals surface area contributed by atoms with Crippen molar-refractivity contribution in [1.82, 2.24) is 4.90 Å². The topological polar surface area (TPSA) is 51.2 Å². The minimum absolute atomic E-state index is 0.0266. The summed E-state index contributed by atoms with van der Waals surface area (Å²) in [6, 6.07) is 7.86. The van der Waals surface area contributed by atoms with Crippen LogP contribution in [-0.2, 0) is 0 Å². The molecule has 3 rings (SSSR count). The third kappa shape index (κ3) is 4.11. The van der Waals surface area contributed by atoms with E-state index >= 15 is 0 Å². The van der Waals surface area contributed by atoms with Gasteiger partial charge in [-0.1, -0.05) is 17.7 Å². The maximum atomic E-state index is 13.1. The highest BCUT2D eigenvalue weighted by Gasteiger charge is 2.26. The Kier molecular flexibility index (Phi) is 6.20. The van der Waals surface area contributed by atoms with Crippen LogP contribution in [-0.4, -0.2) is 58.3 Å². The number of aryl methyl sites for hydroxylation is 3. The van der Waals surface area contributed by atoms with Crippen LogP contribution in [0.1, 0.15) is 27.0 Å². The van der Waals surface area contributed by atoms with Gasteiger partial charge >= 0.3 is 0 Å². The lowest BCUT2D eigenvalue weighted by molar-refractivity contribution is 0.0746. The normalized spacial score (nSPS) is 14.0. The number of hydrogen-bond donors (Lipinski definition) is 0. The molecule has 0 saturated carbocycles. The van der Waals surface area contributed by atoms with Gasteiger partial charge in [0.25, 0.3) is 5.91 Å². The van der Waals surface area contributed by atoms with E-state index in [0.717, 1.165) is 13.1 Å². The molecule has 6 heteroatoms. The summed E-state index contributed by atoms with van der Waals surface area (Å²) in [7, 11) is 4.66. The average molecular weight is 399 g/mol. The van der Waals surface area contributed by atoms with Gasteiger partial charge in [-0.15, -0.1) is 0 Å². The first-order valence-corrected chi connectivity index (χ1v) is 9.81. The van der Waals surface area contributed by atoms with Crippen molar-refractivity contribution in [3.63, 3.8) is 0 Å². The first-order chi connectivity index (χ1) is 13.9. The minimum Gasteiger partial charge on any atom is -0.493 e. The fourth-order valence-corrected chi connectivity index (χ4v) is 4.19. The van der Waals surface area contributed by atoms with E-state index < -0.39 is 0 Å². The summed E-state index contributed by atoms with van der Waals surface area (Å²) in [5.41, 5.74) is 5.67. The maximum absolute atomic E-state index is 13.1.